The van der Waals surface area contributed by atoms with Crippen LogP contribution in [0.4, 0.5) is 0 Å². The summed E-state index contributed by atoms with van der Waals surface area (Å²) in [6.07, 6.45) is 3.95. The van der Waals surface area contributed by atoms with Crippen molar-refractivity contribution in [3.05, 3.63) is 34.7 Å². The Morgan fingerprint density at radius 3 is 2.85 bits per heavy atom. The maximum absolute atomic E-state index is 12.0. The van der Waals surface area contributed by atoms with Crippen molar-refractivity contribution < 1.29 is 19.1 Å². The van der Waals surface area contributed by atoms with Gasteiger partial charge in [-0.1, -0.05) is 36.1 Å². The van der Waals surface area contributed by atoms with Crippen molar-refractivity contribution in [2.75, 3.05) is 26.8 Å². The number of thiocarbonyl (C=S) groups is 1. The molecule has 1 unspecified atom stereocenters. The molecule has 0 bridgehead atoms. The second-order valence-corrected chi connectivity index (χ2v) is 7.71. The van der Waals surface area contributed by atoms with Crippen LogP contribution in [0.25, 0.3) is 6.08 Å². The van der Waals surface area contributed by atoms with E-state index in [1.165, 1.54) is 16.7 Å². The van der Waals surface area contributed by atoms with Gasteiger partial charge in [-0.25, -0.2) is 0 Å². The van der Waals surface area contributed by atoms with Crippen LogP contribution in [0.1, 0.15) is 18.4 Å². The highest BCUT2D eigenvalue weighted by Gasteiger charge is 2.28. The number of likely N-dealkylation sites (N-methyl/N-ethyl adjacent to an activating group) is 1. The Bertz CT molecular complexity index is 727. The minimum absolute atomic E-state index is 0.0411. The lowest BCUT2D eigenvalue weighted by Crippen LogP contribution is -2.35. The van der Waals surface area contributed by atoms with Crippen LogP contribution in [0.5, 0.6) is 5.75 Å². The Labute approximate surface area is 161 Å². The molecule has 0 aliphatic carbocycles. The molecule has 3 rings (SSSR count). The van der Waals surface area contributed by atoms with Crippen LogP contribution in [0.15, 0.2) is 29.2 Å². The zero-order valence-corrected chi connectivity index (χ0v) is 16.0. The molecule has 2 aliphatic rings. The van der Waals surface area contributed by atoms with Crippen molar-refractivity contribution in [3.8, 4) is 5.75 Å². The Hall–Kier alpha value is -1.90. The van der Waals surface area contributed by atoms with Crippen molar-refractivity contribution in [1.82, 2.24) is 10.2 Å². The molecule has 1 aromatic rings. The second kappa shape index (κ2) is 8.66. The van der Waals surface area contributed by atoms with Crippen LogP contribution < -0.4 is 10.1 Å². The molecule has 2 saturated heterocycles. The molecule has 2 aliphatic heterocycles. The molecule has 2 fully saturated rings. The SMILES string of the molecule is CN1C(=O)/C(=C\c2ccc(OCC(=O)NCC3CCCO3)cc2)SC1=S. The van der Waals surface area contributed by atoms with Crippen molar-refractivity contribution in [2.24, 2.45) is 0 Å². The van der Waals surface area contributed by atoms with E-state index < -0.39 is 0 Å². The van der Waals surface area contributed by atoms with Gasteiger partial charge >= 0.3 is 0 Å². The summed E-state index contributed by atoms with van der Waals surface area (Å²) < 4.78 is 11.5. The molecule has 0 saturated carbocycles. The number of nitrogens with one attached hydrogen (secondary N) is 1. The first-order chi connectivity index (χ1) is 12.5. The molecular formula is C18H20N2O4S2. The van der Waals surface area contributed by atoms with Crippen LogP contribution in [-0.4, -0.2) is 53.9 Å². The summed E-state index contributed by atoms with van der Waals surface area (Å²) >= 11 is 6.39. The van der Waals surface area contributed by atoms with Gasteiger partial charge in [0, 0.05) is 20.2 Å². The van der Waals surface area contributed by atoms with Crippen LogP contribution in [0, 0.1) is 0 Å². The minimum Gasteiger partial charge on any atom is -0.484 e. The highest BCUT2D eigenvalue weighted by molar-refractivity contribution is 8.26. The van der Waals surface area contributed by atoms with Crippen LogP contribution in [0.3, 0.4) is 0 Å². The Balaban J connectivity index is 1.48. The molecule has 0 spiro atoms. The summed E-state index contributed by atoms with van der Waals surface area (Å²) in [6, 6.07) is 7.21. The van der Waals surface area contributed by atoms with Gasteiger partial charge in [-0.2, -0.15) is 0 Å². The molecule has 8 heteroatoms. The van der Waals surface area contributed by atoms with Gasteiger partial charge in [0.15, 0.2) is 6.61 Å². The van der Waals surface area contributed by atoms with E-state index in [0.717, 1.165) is 25.0 Å². The van der Waals surface area contributed by atoms with E-state index in [1.807, 2.05) is 12.1 Å². The Morgan fingerprint density at radius 2 is 2.23 bits per heavy atom. The summed E-state index contributed by atoms with van der Waals surface area (Å²) in [5.41, 5.74) is 0.870. The van der Waals surface area contributed by atoms with E-state index in [0.29, 0.717) is 21.5 Å². The fourth-order valence-corrected chi connectivity index (χ4v) is 3.77. The lowest BCUT2D eigenvalue weighted by atomic mass is 10.2. The van der Waals surface area contributed by atoms with Gasteiger partial charge in [0.25, 0.3) is 11.8 Å². The molecule has 2 amide bonds. The third kappa shape index (κ3) is 4.84. The zero-order valence-electron chi connectivity index (χ0n) is 14.4. The quantitative estimate of drug-likeness (QED) is 0.591. The number of hydrogen-bond donors (Lipinski definition) is 1. The molecule has 1 atom stereocenters. The molecule has 2 heterocycles. The number of ether oxygens (including phenoxy) is 2. The monoisotopic (exact) mass is 392 g/mol. The van der Waals surface area contributed by atoms with Gasteiger partial charge in [0.1, 0.15) is 10.1 Å². The van der Waals surface area contributed by atoms with Gasteiger partial charge in [-0.3, -0.25) is 14.5 Å². The van der Waals surface area contributed by atoms with Crippen molar-refractivity contribution in [2.45, 2.75) is 18.9 Å². The first-order valence-electron chi connectivity index (χ1n) is 8.35. The van der Waals surface area contributed by atoms with E-state index in [4.69, 9.17) is 21.7 Å². The average molecular weight is 393 g/mol. The fraction of sp³-hybridized carbons (Fsp3) is 0.389. The average Bonchev–Trinajstić information content (AvgIpc) is 3.24. The van der Waals surface area contributed by atoms with Gasteiger partial charge < -0.3 is 14.8 Å². The summed E-state index contributed by atoms with van der Waals surface area (Å²) in [6.45, 7) is 1.25. The summed E-state index contributed by atoms with van der Waals surface area (Å²) in [5, 5.41) is 2.81. The first kappa shape index (κ1) is 18.9. The predicted molar refractivity (Wildman–Crippen MR) is 105 cm³/mol. The summed E-state index contributed by atoms with van der Waals surface area (Å²) in [4.78, 5) is 25.9. The van der Waals surface area contributed by atoms with Gasteiger partial charge in [-0.05, 0) is 36.6 Å². The highest BCUT2D eigenvalue weighted by Crippen LogP contribution is 2.31. The standard InChI is InChI=1S/C18H20N2O4S2/c1-20-17(22)15(26-18(20)25)9-12-4-6-13(7-5-12)24-11-16(21)19-10-14-3-2-8-23-14/h4-7,9,14H,2-3,8,10-11H2,1H3,(H,19,21)/b15-9+. The Morgan fingerprint density at radius 1 is 1.46 bits per heavy atom. The first-order valence-corrected chi connectivity index (χ1v) is 9.58. The highest BCUT2D eigenvalue weighted by atomic mass is 32.2. The third-order valence-corrected chi connectivity index (χ3v) is 5.57. The van der Waals surface area contributed by atoms with Crippen molar-refractivity contribution in [3.63, 3.8) is 0 Å². The molecule has 6 nitrogen and oxygen atoms in total. The van der Waals surface area contributed by atoms with Crippen LogP contribution in [0.2, 0.25) is 0 Å². The zero-order chi connectivity index (χ0) is 18.5. The van der Waals surface area contributed by atoms with E-state index in [-0.39, 0.29) is 24.5 Å². The predicted octanol–water partition coefficient (Wildman–Crippen LogP) is 2.19. The molecule has 0 aromatic heterocycles. The lowest BCUT2D eigenvalue weighted by Gasteiger charge is -2.11. The number of hydrogen-bond acceptors (Lipinski definition) is 6. The number of nitrogens with zero attached hydrogens (tertiary/aromatic N) is 1. The molecule has 0 radical (unpaired) electrons. The number of carbonyl (C=O) groups is 2. The molecular weight excluding hydrogens is 372 g/mol. The number of benzene rings is 1. The fourth-order valence-electron chi connectivity index (χ4n) is 2.59. The second-order valence-electron chi connectivity index (χ2n) is 6.04. The molecule has 138 valence electrons. The smallest absolute Gasteiger partial charge is 0.265 e. The third-order valence-electron chi connectivity index (χ3n) is 4.09. The topological polar surface area (TPSA) is 67.9 Å². The van der Waals surface area contributed by atoms with E-state index in [1.54, 1.807) is 25.3 Å². The van der Waals surface area contributed by atoms with Crippen molar-refractivity contribution in [1.29, 1.82) is 0 Å². The van der Waals surface area contributed by atoms with E-state index in [2.05, 4.69) is 5.32 Å². The number of amides is 2. The van der Waals surface area contributed by atoms with Gasteiger partial charge in [0.05, 0.1) is 11.0 Å². The van der Waals surface area contributed by atoms with E-state index >= 15 is 0 Å². The van der Waals surface area contributed by atoms with Crippen LogP contribution in [-0.2, 0) is 14.3 Å². The number of carbonyl (C=O) groups excluding carboxylic acids is 2. The van der Waals surface area contributed by atoms with Crippen LogP contribution >= 0.6 is 24.0 Å². The lowest BCUT2D eigenvalue weighted by molar-refractivity contribution is -0.123. The minimum atomic E-state index is -0.170. The molecule has 1 N–H and O–H groups in total. The van der Waals surface area contributed by atoms with E-state index in [9.17, 15) is 9.59 Å². The number of thioether (sulfide) groups is 1. The molecule has 26 heavy (non-hydrogen) atoms. The normalized spacial score (nSPS) is 21.5. The maximum atomic E-state index is 12.0. The van der Waals surface area contributed by atoms with Gasteiger partial charge in [0.2, 0.25) is 0 Å². The summed E-state index contributed by atoms with van der Waals surface area (Å²) in [5.74, 6) is 0.330. The van der Waals surface area contributed by atoms with Crippen molar-refractivity contribution >= 4 is 46.2 Å². The van der Waals surface area contributed by atoms with Gasteiger partial charge in [-0.15, -0.1) is 0 Å². The maximum Gasteiger partial charge on any atom is 0.265 e. The molecule has 1 aromatic carbocycles. The largest absolute Gasteiger partial charge is 0.484 e. The summed E-state index contributed by atoms with van der Waals surface area (Å²) in [7, 11) is 1.67. The number of rotatable bonds is 6. The Kier molecular flexibility index (Phi) is 6.29.